The summed E-state index contributed by atoms with van der Waals surface area (Å²) in [5.74, 6) is 0.820. The molecule has 1 fully saturated rings. The molecule has 188 valence electrons. The number of anilines is 2. The zero-order valence-corrected chi connectivity index (χ0v) is 21.1. The Balaban J connectivity index is 1.33. The summed E-state index contributed by atoms with van der Waals surface area (Å²) in [6.07, 6.45) is 9.51. The fourth-order valence-electron chi connectivity index (χ4n) is 4.97. The van der Waals surface area contributed by atoms with Gasteiger partial charge in [-0.1, -0.05) is 6.07 Å². The number of carbonyl (C=O) groups excluding carboxylic acids is 1. The Kier molecular flexibility index (Phi) is 6.93. The molecule has 1 aliphatic rings. The largest absolute Gasteiger partial charge is 0.463 e. The van der Waals surface area contributed by atoms with Crippen molar-refractivity contribution >= 4 is 28.3 Å². The first kappa shape index (κ1) is 23.9. The molecule has 0 bridgehead atoms. The van der Waals surface area contributed by atoms with Crippen LogP contribution in [0, 0.1) is 0 Å². The molecule has 8 heteroatoms. The molecule has 1 amide bonds. The number of benzene rings is 1. The van der Waals surface area contributed by atoms with Gasteiger partial charge in [0.2, 0.25) is 5.91 Å². The average molecular weight is 487 g/mol. The van der Waals surface area contributed by atoms with Gasteiger partial charge in [-0.2, -0.15) is 0 Å². The van der Waals surface area contributed by atoms with Crippen molar-refractivity contribution in [3.05, 3.63) is 60.7 Å². The van der Waals surface area contributed by atoms with Gasteiger partial charge >= 0.3 is 0 Å². The molecular weight excluding hydrogens is 452 g/mol. The van der Waals surface area contributed by atoms with Crippen molar-refractivity contribution in [2.75, 3.05) is 10.6 Å². The second kappa shape index (κ2) is 10.4. The van der Waals surface area contributed by atoms with E-state index in [1.165, 1.54) is 0 Å². The second-order valence-electron chi connectivity index (χ2n) is 9.91. The van der Waals surface area contributed by atoms with E-state index in [4.69, 9.17) is 9.40 Å². The lowest BCUT2D eigenvalue weighted by Crippen LogP contribution is -2.39. The molecule has 1 saturated carbocycles. The maximum Gasteiger partial charge on any atom is 0.217 e. The van der Waals surface area contributed by atoms with Crippen molar-refractivity contribution in [1.82, 2.24) is 19.9 Å². The third-order valence-corrected chi connectivity index (χ3v) is 6.82. The number of furan rings is 1. The molecule has 36 heavy (non-hydrogen) atoms. The van der Waals surface area contributed by atoms with E-state index < -0.39 is 0 Å². The Labute approximate surface area is 211 Å². The highest BCUT2D eigenvalue weighted by Crippen LogP contribution is 2.31. The number of hydrogen-bond donors (Lipinski definition) is 3. The van der Waals surface area contributed by atoms with Crippen LogP contribution in [0.5, 0.6) is 0 Å². The van der Waals surface area contributed by atoms with Gasteiger partial charge in [0.05, 0.1) is 23.8 Å². The molecule has 1 aliphatic carbocycles. The van der Waals surface area contributed by atoms with Gasteiger partial charge in [-0.25, -0.2) is 4.98 Å². The second-order valence-corrected chi connectivity index (χ2v) is 9.91. The smallest absolute Gasteiger partial charge is 0.217 e. The van der Waals surface area contributed by atoms with E-state index in [1.807, 2.05) is 30.7 Å². The van der Waals surface area contributed by atoms with Gasteiger partial charge in [0.25, 0.3) is 0 Å². The molecule has 5 rings (SSSR count). The van der Waals surface area contributed by atoms with E-state index in [0.717, 1.165) is 65.1 Å². The Bertz CT molecular complexity index is 1300. The molecule has 3 N–H and O–H groups in total. The van der Waals surface area contributed by atoms with E-state index in [1.54, 1.807) is 13.2 Å². The van der Waals surface area contributed by atoms with Gasteiger partial charge in [0.15, 0.2) is 5.76 Å². The predicted octanol–water partition coefficient (Wildman–Crippen LogP) is 5.74. The normalized spacial score (nSPS) is 17.9. The summed E-state index contributed by atoms with van der Waals surface area (Å²) in [6, 6.07) is 13.2. The van der Waals surface area contributed by atoms with Crippen LogP contribution in [0.3, 0.4) is 0 Å². The Morgan fingerprint density at radius 2 is 1.92 bits per heavy atom. The van der Waals surface area contributed by atoms with Crippen LogP contribution in [0.4, 0.5) is 11.4 Å². The maximum atomic E-state index is 11.4. The van der Waals surface area contributed by atoms with Crippen LogP contribution in [0.2, 0.25) is 0 Å². The molecule has 0 atom stereocenters. The minimum atomic E-state index is 0.0559. The molecule has 0 radical (unpaired) electrons. The fourth-order valence-corrected chi connectivity index (χ4v) is 4.97. The van der Waals surface area contributed by atoms with Crippen LogP contribution in [-0.4, -0.2) is 32.5 Å². The summed E-state index contributed by atoms with van der Waals surface area (Å²) in [6.45, 7) is 6.57. The van der Waals surface area contributed by atoms with Crippen LogP contribution in [0.25, 0.3) is 22.5 Å². The first-order valence-corrected chi connectivity index (χ1v) is 12.7. The van der Waals surface area contributed by atoms with Crippen LogP contribution in [0.1, 0.15) is 58.1 Å². The molecule has 1 aromatic carbocycles. The quantitative estimate of drug-likeness (QED) is 0.294. The number of hydrogen-bond acceptors (Lipinski definition) is 6. The molecule has 0 aliphatic heterocycles. The fraction of sp³-hybridized carbons (Fsp3) is 0.393. The highest BCUT2D eigenvalue weighted by Gasteiger charge is 2.22. The van der Waals surface area contributed by atoms with Gasteiger partial charge in [0, 0.05) is 43.5 Å². The van der Waals surface area contributed by atoms with Gasteiger partial charge in [-0.05, 0) is 75.4 Å². The van der Waals surface area contributed by atoms with Crippen LogP contribution in [-0.2, 0) is 11.3 Å². The highest BCUT2D eigenvalue weighted by atomic mass is 16.3. The summed E-state index contributed by atoms with van der Waals surface area (Å²) in [5, 5.41) is 10.4. The standard InChI is InChI=1S/C28H34N6O2/c1-18(2)34-17-31-28-25(30-16-20-6-11-24(29-15-20)27-5-4-12-36-27)13-23(14-26(28)34)33-22-9-7-21(8-10-22)32-19(3)35/h4-6,11-15,17-18,21-22,30,33H,7-10,16H2,1-3H3,(H,32,35). The lowest BCUT2D eigenvalue weighted by Gasteiger charge is -2.30. The number of nitrogens with zero attached hydrogens (tertiary/aromatic N) is 3. The molecule has 4 aromatic rings. The molecule has 0 unspecified atom stereocenters. The van der Waals surface area contributed by atoms with Crippen molar-refractivity contribution in [2.24, 2.45) is 0 Å². The van der Waals surface area contributed by atoms with Crippen molar-refractivity contribution in [3.8, 4) is 11.5 Å². The monoisotopic (exact) mass is 486 g/mol. The van der Waals surface area contributed by atoms with Crippen molar-refractivity contribution in [3.63, 3.8) is 0 Å². The van der Waals surface area contributed by atoms with Gasteiger partial charge in [0.1, 0.15) is 11.2 Å². The number of rotatable bonds is 8. The summed E-state index contributed by atoms with van der Waals surface area (Å²) in [4.78, 5) is 20.7. The summed E-state index contributed by atoms with van der Waals surface area (Å²) in [5.41, 5.74) is 6.05. The number of amides is 1. The first-order valence-electron chi connectivity index (χ1n) is 12.7. The Morgan fingerprint density at radius 1 is 1.11 bits per heavy atom. The average Bonchev–Trinajstić information content (AvgIpc) is 3.54. The highest BCUT2D eigenvalue weighted by molar-refractivity contribution is 5.92. The number of aromatic nitrogens is 3. The number of pyridine rings is 1. The van der Waals surface area contributed by atoms with E-state index in [9.17, 15) is 4.79 Å². The lowest BCUT2D eigenvalue weighted by atomic mass is 9.91. The maximum absolute atomic E-state index is 11.4. The lowest BCUT2D eigenvalue weighted by molar-refractivity contribution is -0.119. The topological polar surface area (TPSA) is 97.0 Å². The summed E-state index contributed by atoms with van der Waals surface area (Å²) < 4.78 is 7.65. The minimum Gasteiger partial charge on any atom is -0.463 e. The molecule has 0 saturated heterocycles. The third-order valence-electron chi connectivity index (χ3n) is 6.82. The van der Waals surface area contributed by atoms with Gasteiger partial charge in [-0.3, -0.25) is 9.78 Å². The summed E-state index contributed by atoms with van der Waals surface area (Å²) in [7, 11) is 0. The number of imidazole rings is 1. The van der Waals surface area contributed by atoms with Crippen LogP contribution < -0.4 is 16.0 Å². The zero-order chi connectivity index (χ0) is 25.1. The Morgan fingerprint density at radius 3 is 2.58 bits per heavy atom. The van der Waals surface area contributed by atoms with Crippen molar-refractivity contribution in [2.45, 2.75) is 71.1 Å². The van der Waals surface area contributed by atoms with Gasteiger partial charge < -0.3 is 24.9 Å². The molecular formula is C28H34N6O2. The van der Waals surface area contributed by atoms with Crippen LogP contribution >= 0.6 is 0 Å². The van der Waals surface area contributed by atoms with E-state index in [2.05, 4.69) is 57.5 Å². The molecule has 8 nitrogen and oxygen atoms in total. The zero-order valence-electron chi connectivity index (χ0n) is 21.1. The van der Waals surface area contributed by atoms with Crippen molar-refractivity contribution in [1.29, 1.82) is 0 Å². The number of carbonyl (C=O) groups is 1. The van der Waals surface area contributed by atoms with E-state index in [-0.39, 0.29) is 11.9 Å². The number of fused-ring (bicyclic) bond motifs is 1. The van der Waals surface area contributed by atoms with E-state index >= 15 is 0 Å². The van der Waals surface area contributed by atoms with Crippen molar-refractivity contribution < 1.29 is 9.21 Å². The summed E-state index contributed by atoms with van der Waals surface area (Å²) >= 11 is 0. The molecule has 3 heterocycles. The van der Waals surface area contributed by atoms with Crippen LogP contribution in [0.15, 0.2) is 59.6 Å². The van der Waals surface area contributed by atoms with E-state index in [0.29, 0.717) is 18.6 Å². The molecule has 0 spiro atoms. The number of nitrogens with one attached hydrogen (secondary N) is 3. The molecule has 3 aromatic heterocycles. The van der Waals surface area contributed by atoms with Gasteiger partial charge in [-0.15, -0.1) is 0 Å². The SMILES string of the molecule is CC(=O)NC1CCC(Nc2cc(NCc3ccc(-c4ccco4)nc3)c3ncn(C(C)C)c3c2)CC1. The minimum absolute atomic E-state index is 0.0559. The Hall–Kier alpha value is -3.81. The first-order chi connectivity index (χ1) is 17.5. The third kappa shape index (κ3) is 5.37. The predicted molar refractivity (Wildman–Crippen MR) is 143 cm³/mol.